The zero-order valence-electron chi connectivity index (χ0n) is 17.4. The molecule has 6 heteroatoms. The van der Waals surface area contributed by atoms with Crippen LogP contribution in [0.1, 0.15) is 16.7 Å². The molecule has 1 heterocycles. The molecule has 3 aromatic carbocycles. The van der Waals surface area contributed by atoms with E-state index in [2.05, 4.69) is 83.3 Å². The molecule has 6 nitrogen and oxygen atoms in total. The van der Waals surface area contributed by atoms with Crippen LogP contribution in [0.2, 0.25) is 0 Å². The number of rotatable bonds is 4. The number of aryl methyl sites for hydroxylation is 2. The summed E-state index contributed by atoms with van der Waals surface area (Å²) in [5.41, 5.74) is 18.5. The molecule has 0 saturated carbocycles. The molecule has 1 aromatic heterocycles. The predicted molar refractivity (Wildman–Crippen MR) is 125 cm³/mol. The van der Waals surface area contributed by atoms with E-state index < -0.39 is 0 Å². The normalized spacial score (nSPS) is 10.5. The van der Waals surface area contributed by atoms with Gasteiger partial charge in [0.25, 0.3) is 0 Å². The lowest BCUT2D eigenvalue weighted by atomic mass is 10.1. The second-order valence-corrected chi connectivity index (χ2v) is 7.36. The number of nitrogens with two attached hydrogens (primary N) is 2. The van der Waals surface area contributed by atoms with Crippen molar-refractivity contribution in [3.8, 4) is 17.3 Å². The van der Waals surface area contributed by atoms with Gasteiger partial charge in [-0.15, -0.1) is 0 Å². The monoisotopic (exact) mass is 406 g/mol. The van der Waals surface area contributed by atoms with Crippen molar-refractivity contribution in [1.82, 2.24) is 9.97 Å². The van der Waals surface area contributed by atoms with Crippen molar-refractivity contribution in [1.29, 1.82) is 5.26 Å². The molecule has 4 N–H and O–H groups in total. The first-order valence-electron chi connectivity index (χ1n) is 9.83. The van der Waals surface area contributed by atoms with Gasteiger partial charge in [0, 0.05) is 22.6 Å². The van der Waals surface area contributed by atoms with Crippen LogP contribution in [0.5, 0.6) is 0 Å². The molecule has 0 aliphatic carbocycles. The predicted octanol–water partition coefficient (Wildman–Crippen LogP) is 5.27. The fraction of sp³-hybridized carbons (Fsp3) is 0.0800. The van der Waals surface area contributed by atoms with E-state index in [-0.39, 0.29) is 17.3 Å². The molecule has 0 radical (unpaired) electrons. The van der Waals surface area contributed by atoms with Gasteiger partial charge in [0.2, 0.25) is 5.95 Å². The highest BCUT2D eigenvalue weighted by molar-refractivity contribution is 5.79. The molecule has 152 valence electrons. The molecule has 0 atom stereocenters. The van der Waals surface area contributed by atoms with E-state index in [1.165, 1.54) is 11.1 Å². The lowest BCUT2D eigenvalue weighted by molar-refractivity contribution is 1.18. The molecule has 4 aromatic rings. The molecular formula is C25H22N6. The minimum absolute atomic E-state index is 0.0384. The molecule has 31 heavy (non-hydrogen) atoms. The van der Waals surface area contributed by atoms with Crippen molar-refractivity contribution in [2.24, 2.45) is 0 Å². The Balaban J connectivity index is 1.80. The maximum Gasteiger partial charge on any atom is 0.222 e. The van der Waals surface area contributed by atoms with E-state index in [1.54, 1.807) is 0 Å². The minimum Gasteiger partial charge on any atom is -0.382 e. The highest BCUT2D eigenvalue weighted by Gasteiger charge is 2.16. The van der Waals surface area contributed by atoms with Gasteiger partial charge in [-0.1, -0.05) is 47.5 Å². The van der Waals surface area contributed by atoms with Crippen LogP contribution in [0.25, 0.3) is 11.3 Å². The fourth-order valence-electron chi connectivity index (χ4n) is 3.42. The summed E-state index contributed by atoms with van der Waals surface area (Å²) >= 11 is 0. The standard InChI is InChI=1S/C25H22N6/c1-16-3-9-19(10-4-16)31(20-11-5-17(2)6-12-20)21-13-7-18(8-14-21)23-22(15-26)24(27)30-25(28)29-23/h3-14H,1-2H3,(H4,27,28,29,30). The average Bonchev–Trinajstić information content (AvgIpc) is 2.76. The SMILES string of the molecule is Cc1ccc(N(c2ccc(C)cc2)c2ccc(-c3nc(N)nc(N)c3C#N)cc2)cc1. The lowest BCUT2D eigenvalue weighted by Gasteiger charge is -2.26. The van der Waals surface area contributed by atoms with E-state index in [0.29, 0.717) is 5.69 Å². The topological polar surface area (TPSA) is 105 Å². The van der Waals surface area contributed by atoms with E-state index in [0.717, 1.165) is 22.6 Å². The van der Waals surface area contributed by atoms with Gasteiger partial charge in [-0.3, -0.25) is 0 Å². The Kier molecular flexibility index (Phi) is 5.25. The third-order valence-corrected chi connectivity index (χ3v) is 5.05. The van der Waals surface area contributed by atoms with Crippen molar-refractivity contribution in [2.45, 2.75) is 13.8 Å². The van der Waals surface area contributed by atoms with E-state index >= 15 is 0 Å². The zero-order chi connectivity index (χ0) is 22.0. The molecule has 0 aliphatic rings. The van der Waals surface area contributed by atoms with Gasteiger partial charge < -0.3 is 16.4 Å². The van der Waals surface area contributed by atoms with Gasteiger partial charge in [0.15, 0.2) is 0 Å². The van der Waals surface area contributed by atoms with Crippen molar-refractivity contribution >= 4 is 28.8 Å². The number of benzene rings is 3. The van der Waals surface area contributed by atoms with Crippen LogP contribution < -0.4 is 16.4 Å². The summed E-state index contributed by atoms with van der Waals surface area (Å²) in [4.78, 5) is 10.3. The van der Waals surface area contributed by atoms with E-state index in [1.807, 2.05) is 24.3 Å². The molecular weight excluding hydrogens is 384 g/mol. The van der Waals surface area contributed by atoms with Crippen LogP contribution in [0.3, 0.4) is 0 Å². The zero-order valence-corrected chi connectivity index (χ0v) is 17.4. The van der Waals surface area contributed by atoms with Crippen LogP contribution in [0.15, 0.2) is 72.8 Å². The summed E-state index contributed by atoms with van der Waals surface area (Å²) in [6, 6.07) is 26.6. The van der Waals surface area contributed by atoms with E-state index in [9.17, 15) is 5.26 Å². The van der Waals surface area contributed by atoms with Crippen LogP contribution >= 0.6 is 0 Å². The number of nitrogen functional groups attached to an aromatic ring is 2. The summed E-state index contributed by atoms with van der Waals surface area (Å²) in [5.74, 6) is 0.117. The molecule has 0 saturated heterocycles. The van der Waals surface area contributed by atoms with E-state index in [4.69, 9.17) is 11.5 Å². The van der Waals surface area contributed by atoms with Crippen LogP contribution in [-0.4, -0.2) is 9.97 Å². The molecule has 0 fully saturated rings. The van der Waals surface area contributed by atoms with Gasteiger partial charge >= 0.3 is 0 Å². The Morgan fingerprint density at radius 3 is 1.61 bits per heavy atom. The number of hydrogen-bond acceptors (Lipinski definition) is 6. The van der Waals surface area contributed by atoms with Crippen molar-refractivity contribution in [2.75, 3.05) is 16.4 Å². The second kappa shape index (κ2) is 8.17. The third-order valence-electron chi connectivity index (χ3n) is 5.05. The lowest BCUT2D eigenvalue weighted by Crippen LogP contribution is -2.10. The van der Waals surface area contributed by atoms with Gasteiger partial charge in [-0.05, 0) is 50.2 Å². The minimum atomic E-state index is 0.0384. The maximum atomic E-state index is 9.48. The Bertz CT molecular complexity index is 1210. The molecule has 0 bridgehead atoms. The molecule has 4 rings (SSSR count). The number of anilines is 5. The maximum absolute atomic E-state index is 9.48. The Hall–Kier alpha value is -4.37. The highest BCUT2D eigenvalue weighted by atomic mass is 15.1. The van der Waals surface area contributed by atoms with Crippen molar-refractivity contribution < 1.29 is 0 Å². The first kappa shape index (κ1) is 19.9. The number of aromatic nitrogens is 2. The first-order valence-corrected chi connectivity index (χ1v) is 9.83. The van der Waals surface area contributed by atoms with Gasteiger partial charge in [0.05, 0.1) is 5.69 Å². The largest absolute Gasteiger partial charge is 0.382 e. The summed E-state index contributed by atoms with van der Waals surface area (Å²) in [5, 5.41) is 9.48. The van der Waals surface area contributed by atoms with Crippen LogP contribution in [-0.2, 0) is 0 Å². The van der Waals surface area contributed by atoms with Crippen LogP contribution in [0.4, 0.5) is 28.8 Å². The average molecular weight is 406 g/mol. The Morgan fingerprint density at radius 2 is 1.16 bits per heavy atom. The van der Waals surface area contributed by atoms with Gasteiger partial charge in [0.1, 0.15) is 17.5 Å². The number of nitrogens with zero attached hydrogens (tertiary/aromatic N) is 4. The third kappa shape index (κ3) is 4.02. The molecule has 0 amide bonds. The van der Waals surface area contributed by atoms with Crippen molar-refractivity contribution in [3.05, 3.63) is 89.5 Å². The summed E-state index contributed by atoms with van der Waals surface area (Å²) in [6.07, 6.45) is 0. The number of nitriles is 1. The summed E-state index contributed by atoms with van der Waals surface area (Å²) in [6.45, 7) is 4.14. The smallest absolute Gasteiger partial charge is 0.222 e. The van der Waals surface area contributed by atoms with Crippen molar-refractivity contribution in [3.63, 3.8) is 0 Å². The second-order valence-electron chi connectivity index (χ2n) is 7.36. The summed E-state index contributed by atoms with van der Waals surface area (Å²) in [7, 11) is 0. The molecule has 0 unspecified atom stereocenters. The quantitative estimate of drug-likeness (QED) is 0.478. The van der Waals surface area contributed by atoms with Gasteiger partial charge in [-0.2, -0.15) is 10.2 Å². The van der Waals surface area contributed by atoms with Gasteiger partial charge in [-0.25, -0.2) is 4.98 Å². The Labute approximate surface area is 181 Å². The highest BCUT2D eigenvalue weighted by Crippen LogP contribution is 2.36. The molecule has 0 spiro atoms. The number of hydrogen-bond donors (Lipinski definition) is 2. The first-order chi connectivity index (χ1) is 15.0. The summed E-state index contributed by atoms with van der Waals surface area (Å²) < 4.78 is 0. The Morgan fingerprint density at radius 1 is 0.710 bits per heavy atom. The fourth-order valence-corrected chi connectivity index (χ4v) is 3.42. The van der Waals surface area contributed by atoms with Crippen LogP contribution in [0, 0.1) is 25.2 Å². The molecule has 0 aliphatic heterocycles.